The number of furan rings is 1. The van der Waals surface area contributed by atoms with Crippen molar-refractivity contribution in [2.45, 2.75) is 13.0 Å². The second-order valence-corrected chi connectivity index (χ2v) is 4.98. The first-order valence-electron chi connectivity index (χ1n) is 5.51. The van der Waals surface area contributed by atoms with Crippen molar-refractivity contribution in [2.75, 3.05) is 0 Å². The van der Waals surface area contributed by atoms with Crippen molar-refractivity contribution in [1.29, 1.82) is 0 Å². The predicted molar refractivity (Wildman–Crippen MR) is 72.3 cm³/mol. The zero-order chi connectivity index (χ0) is 12.7. The molecule has 0 spiro atoms. The Morgan fingerprint density at radius 2 is 2.11 bits per heavy atom. The normalized spacial score (nSPS) is 13.1. The van der Waals surface area contributed by atoms with Crippen LogP contribution in [-0.4, -0.2) is 9.55 Å². The molecule has 0 fully saturated rings. The van der Waals surface area contributed by atoms with Gasteiger partial charge in [0.05, 0.1) is 17.4 Å². The Kier molecular flexibility index (Phi) is 2.80. The molecule has 0 aliphatic heterocycles. The molecule has 5 heteroatoms. The molecule has 1 atom stereocenters. The third-order valence-corrected chi connectivity index (χ3v) is 3.44. The summed E-state index contributed by atoms with van der Waals surface area (Å²) in [4.78, 5) is 4.03. The molecule has 1 unspecified atom stereocenters. The highest BCUT2D eigenvalue weighted by Gasteiger charge is 2.14. The summed E-state index contributed by atoms with van der Waals surface area (Å²) in [6, 6.07) is 5.55. The molecule has 0 aliphatic rings. The molecular weight excluding hydrogens is 271 g/mol. The van der Waals surface area contributed by atoms with Crippen LogP contribution in [0.5, 0.6) is 0 Å². The van der Waals surface area contributed by atoms with Gasteiger partial charge in [-0.3, -0.25) is 0 Å². The molecule has 3 rings (SSSR count). The molecule has 1 aromatic carbocycles. The molecule has 0 saturated carbocycles. The summed E-state index contributed by atoms with van der Waals surface area (Å²) < 4.78 is 7.77. The van der Waals surface area contributed by atoms with Crippen LogP contribution in [0.2, 0.25) is 10.0 Å². The first-order chi connectivity index (χ1) is 8.65. The van der Waals surface area contributed by atoms with Gasteiger partial charge >= 0.3 is 0 Å². The molecule has 0 radical (unpaired) electrons. The van der Waals surface area contributed by atoms with E-state index in [1.807, 2.05) is 29.8 Å². The predicted octanol–water partition coefficient (Wildman–Crippen LogP) is 4.55. The van der Waals surface area contributed by atoms with Gasteiger partial charge in [-0.25, -0.2) is 4.98 Å². The van der Waals surface area contributed by atoms with Gasteiger partial charge in [0.1, 0.15) is 5.76 Å². The summed E-state index contributed by atoms with van der Waals surface area (Å²) in [6.07, 6.45) is 5.39. The summed E-state index contributed by atoms with van der Waals surface area (Å²) in [5.41, 5.74) is 0.669. The van der Waals surface area contributed by atoms with Crippen LogP contribution in [0.1, 0.15) is 18.7 Å². The lowest BCUT2D eigenvalue weighted by atomic mass is 10.2. The van der Waals surface area contributed by atoms with Crippen LogP contribution < -0.4 is 0 Å². The molecular formula is C13H10Cl2N2O. The topological polar surface area (TPSA) is 31.0 Å². The fourth-order valence-electron chi connectivity index (χ4n) is 1.95. The van der Waals surface area contributed by atoms with Crippen molar-refractivity contribution in [2.24, 2.45) is 0 Å². The summed E-state index contributed by atoms with van der Waals surface area (Å²) in [6.45, 7) is 2.04. The molecule has 3 aromatic rings. The monoisotopic (exact) mass is 280 g/mol. The SMILES string of the molecule is CC(c1cc2cc(Cl)cc(Cl)c2o1)n1ccnc1. The van der Waals surface area contributed by atoms with Gasteiger partial charge in [0.25, 0.3) is 0 Å². The molecule has 0 N–H and O–H groups in total. The van der Waals surface area contributed by atoms with Gasteiger partial charge in [0.2, 0.25) is 0 Å². The number of aromatic nitrogens is 2. The highest BCUT2D eigenvalue weighted by molar-refractivity contribution is 6.38. The lowest BCUT2D eigenvalue weighted by Crippen LogP contribution is -2.02. The number of halogens is 2. The summed E-state index contributed by atoms with van der Waals surface area (Å²) >= 11 is 12.1. The fourth-order valence-corrected chi connectivity index (χ4v) is 2.49. The lowest BCUT2D eigenvalue weighted by Gasteiger charge is -2.08. The standard InChI is InChI=1S/C13H10Cl2N2O/c1-8(17-3-2-16-7-17)12-5-9-4-10(14)6-11(15)13(9)18-12/h2-8H,1H3. The maximum atomic E-state index is 6.11. The molecule has 2 aromatic heterocycles. The molecule has 18 heavy (non-hydrogen) atoms. The van der Waals surface area contributed by atoms with Crippen LogP contribution in [0.15, 0.2) is 41.3 Å². The quantitative estimate of drug-likeness (QED) is 0.690. The summed E-state index contributed by atoms with van der Waals surface area (Å²) in [7, 11) is 0. The van der Waals surface area contributed by atoms with Crippen LogP contribution in [0.25, 0.3) is 11.0 Å². The Labute approximate surface area is 114 Å². The highest BCUT2D eigenvalue weighted by Crippen LogP contribution is 2.33. The number of hydrogen-bond donors (Lipinski definition) is 0. The fraction of sp³-hybridized carbons (Fsp3) is 0.154. The van der Waals surface area contributed by atoms with Gasteiger partial charge in [0.15, 0.2) is 5.58 Å². The second kappa shape index (κ2) is 4.34. The van der Waals surface area contributed by atoms with Gasteiger partial charge in [-0.05, 0) is 25.1 Å². The van der Waals surface area contributed by atoms with Crippen LogP contribution in [0, 0.1) is 0 Å². The van der Waals surface area contributed by atoms with Crippen molar-refractivity contribution < 1.29 is 4.42 Å². The first-order valence-corrected chi connectivity index (χ1v) is 6.26. The van der Waals surface area contributed by atoms with Crippen LogP contribution in [0.4, 0.5) is 0 Å². The van der Waals surface area contributed by atoms with Gasteiger partial charge in [-0.15, -0.1) is 0 Å². The minimum atomic E-state index is 0.0646. The number of fused-ring (bicyclic) bond motifs is 1. The summed E-state index contributed by atoms with van der Waals surface area (Å²) in [5, 5.41) is 2.05. The molecule has 3 nitrogen and oxygen atoms in total. The zero-order valence-electron chi connectivity index (χ0n) is 9.60. The summed E-state index contributed by atoms with van der Waals surface area (Å²) in [5.74, 6) is 0.826. The molecule has 2 heterocycles. The zero-order valence-corrected chi connectivity index (χ0v) is 11.1. The highest BCUT2D eigenvalue weighted by atomic mass is 35.5. The average molecular weight is 281 g/mol. The van der Waals surface area contributed by atoms with E-state index in [1.54, 1.807) is 18.6 Å². The van der Waals surface area contributed by atoms with E-state index in [9.17, 15) is 0 Å². The number of nitrogens with zero attached hydrogens (tertiary/aromatic N) is 2. The Morgan fingerprint density at radius 1 is 1.28 bits per heavy atom. The van der Waals surface area contributed by atoms with E-state index in [0.29, 0.717) is 15.6 Å². The van der Waals surface area contributed by atoms with E-state index in [1.165, 1.54) is 0 Å². The number of benzene rings is 1. The number of imidazole rings is 1. The van der Waals surface area contributed by atoms with Crippen molar-refractivity contribution in [3.05, 3.63) is 52.7 Å². The van der Waals surface area contributed by atoms with Gasteiger partial charge in [0, 0.05) is 22.8 Å². The van der Waals surface area contributed by atoms with Gasteiger partial charge in [-0.2, -0.15) is 0 Å². The van der Waals surface area contributed by atoms with Crippen LogP contribution in [-0.2, 0) is 0 Å². The maximum absolute atomic E-state index is 6.11. The van der Waals surface area contributed by atoms with E-state index in [0.717, 1.165) is 11.1 Å². The Hall–Kier alpha value is -1.45. The van der Waals surface area contributed by atoms with Crippen LogP contribution >= 0.6 is 23.2 Å². The second-order valence-electron chi connectivity index (χ2n) is 4.14. The molecule has 0 aliphatic carbocycles. The molecule has 0 bridgehead atoms. The minimum Gasteiger partial charge on any atom is -0.457 e. The van der Waals surface area contributed by atoms with E-state index in [4.69, 9.17) is 27.6 Å². The average Bonchev–Trinajstić information content (AvgIpc) is 2.96. The minimum absolute atomic E-state index is 0.0646. The first kappa shape index (κ1) is 11.6. The lowest BCUT2D eigenvalue weighted by molar-refractivity contribution is 0.470. The van der Waals surface area contributed by atoms with Crippen molar-refractivity contribution in [1.82, 2.24) is 9.55 Å². The van der Waals surface area contributed by atoms with E-state index >= 15 is 0 Å². The van der Waals surface area contributed by atoms with E-state index < -0.39 is 0 Å². The smallest absolute Gasteiger partial charge is 0.153 e. The number of hydrogen-bond acceptors (Lipinski definition) is 2. The molecule has 0 saturated heterocycles. The van der Waals surface area contributed by atoms with Crippen molar-refractivity contribution >= 4 is 34.2 Å². The van der Waals surface area contributed by atoms with Crippen LogP contribution in [0.3, 0.4) is 0 Å². The third-order valence-electron chi connectivity index (χ3n) is 2.94. The third kappa shape index (κ3) is 1.89. The Morgan fingerprint density at radius 3 is 2.83 bits per heavy atom. The number of rotatable bonds is 2. The van der Waals surface area contributed by atoms with Crippen molar-refractivity contribution in [3.63, 3.8) is 0 Å². The molecule has 92 valence electrons. The van der Waals surface area contributed by atoms with E-state index in [-0.39, 0.29) is 6.04 Å². The largest absolute Gasteiger partial charge is 0.457 e. The van der Waals surface area contributed by atoms with Crippen molar-refractivity contribution in [3.8, 4) is 0 Å². The Bertz CT molecular complexity index is 688. The van der Waals surface area contributed by atoms with Gasteiger partial charge in [-0.1, -0.05) is 23.2 Å². The molecule has 0 amide bonds. The maximum Gasteiger partial charge on any atom is 0.153 e. The Balaban J connectivity index is 2.11. The van der Waals surface area contributed by atoms with E-state index in [2.05, 4.69) is 4.98 Å². The van der Waals surface area contributed by atoms with Gasteiger partial charge < -0.3 is 8.98 Å².